The van der Waals surface area contributed by atoms with Crippen LogP contribution in [0.2, 0.25) is 0 Å². The Morgan fingerprint density at radius 2 is 2.38 bits per heavy atom. The molecule has 2 aromatic rings. The largest absolute Gasteiger partial charge is 0.347 e. The molecular formula is C11H10BrNOS2. The lowest BCUT2D eigenvalue weighted by Gasteiger charge is -2.00. The predicted molar refractivity (Wildman–Crippen MR) is 72.2 cm³/mol. The van der Waals surface area contributed by atoms with Crippen molar-refractivity contribution in [2.45, 2.75) is 13.5 Å². The fraction of sp³-hybridized carbons (Fsp3) is 0.182. The Hall–Kier alpha value is -0.650. The Bertz CT molecular complexity index is 471. The first-order valence-corrected chi connectivity index (χ1v) is 7.27. The molecule has 0 fully saturated rings. The minimum absolute atomic E-state index is 0.00926. The number of hydrogen-bond acceptors (Lipinski definition) is 3. The summed E-state index contributed by atoms with van der Waals surface area (Å²) >= 11 is 6.52. The molecule has 0 aliphatic carbocycles. The molecule has 0 unspecified atom stereocenters. The quantitative estimate of drug-likeness (QED) is 0.916. The van der Waals surface area contributed by atoms with Crippen molar-refractivity contribution < 1.29 is 4.79 Å². The molecule has 0 bridgehead atoms. The van der Waals surface area contributed by atoms with E-state index in [1.807, 2.05) is 29.8 Å². The molecule has 2 heterocycles. The topological polar surface area (TPSA) is 29.1 Å². The van der Waals surface area contributed by atoms with Gasteiger partial charge in [-0.1, -0.05) is 0 Å². The lowest BCUT2D eigenvalue weighted by Crippen LogP contribution is -2.21. The molecule has 0 aliphatic heterocycles. The van der Waals surface area contributed by atoms with Crippen molar-refractivity contribution in [3.05, 3.63) is 42.7 Å². The minimum atomic E-state index is -0.00926. The van der Waals surface area contributed by atoms with Gasteiger partial charge in [0, 0.05) is 6.54 Å². The molecule has 84 valence electrons. The Kier molecular flexibility index (Phi) is 3.78. The average Bonchev–Trinajstić information content (AvgIpc) is 2.86. The number of carbonyl (C=O) groups is 1. The zero-order valence-electron chi connectivity index (χ0n) is 8.62. The summed E-state index contributed by atoms with van der Waals surface area (Å²) in [5.41, 5.74) is 2.25. The van der Waals surface area contributed by atoms with Crippen molar-refractivity contribution in [2.24, 2.45) is 0 Å². The monoisotopic (exact) mass is 315 g/mol. The van der Waals surface area contributed by atoms with Crippen LogP contribution in [0, 0.1) is 6.92 Å². The van der Waals surface area contributed by atoms with Crippen molar-refractivity contribution >= 4 is 44.5 Å². The highest BCUT2D eigenvalue weighted by molar-refractivity contribution is 9.11. The number of thiophene rings is 2. The first-order valence-electron chi connectivity index (χ1n) is 4.72. The molecule has 0 radical (unpaired) electrons. The molecule has 1 amide bonds. The van der Waals surface area contributed by atoms with Crippen LogP contribution in [0.5, 0.6) is 0 Å². The van der Waals surface area contributed by atoms with Gasteiger partial charge in [0.2, 0.25) is 0 Å². The minimum Gasteiger partial charge on any atom is -0.347 e. The Morgan fingerprint density at radius 1 is 1.56 bits per heavy atom. The molecule has 0 saturated heterocycles. The van der Waals surface area contributed by atoms with Crippen LogP contribution < -0.4 is 5.32 Å². The second-order valence-corrected chi connectivity index (χ2v) is 6.53. The summed E-state index contributed by atoms with van der Waals surface area (Å²) in [7, 11) is 0. The smallest absolute Gasteiger partial charge is 0.261 e. The van der Waals surface area contributed by atoms with E-state index in [1.54, 1.807) is 11.3 Å². The first-order chi connectivity index (χ1) is 7.66. The number of rotatable bonds is 3. The van der Waals surface area contributed by atoms with E-state index in [-0.39, 0.29) is 5.91 Å². The highest BCUT2D eigenvalue weighted by atomic mass is 79.9. The second-order valence-electron chi connectivity index (χ2n) is 3.38. The van der Waals surface area contributed by atoms with Crippen LogP contribution in [-0.2, 0) is 6.54 Å². The van der Waals surface area contributed by atoms with Gasteiger partial charge in [-0.3, -0.25) is 4.79 Å². The highest BCUT2D eigenvalue weighted by Crippen LogP contribution is 2.27. The van der Waals surface area contributed by atoms with Crippen molar-refractivity contribution in [3.8, 4) is 0 Å². The third kappa shape index (κ3) is 2.72. The van der Waals surface area contributed by atoms with E-state index >= 15 is 0 Å². The summed E-state index contributed by atoms with van der Waals surface area (Å²) in [5.74, 6) is -0.00926. The van der Waals surface area contributed by atoms with Gasteiger partial charge in [0.25, 0.3) is 5.91 Å². The van der Waals surface area contributed by atoms with Crippen LogP contribution in [0.15, 0.2) is 26.7 Å². The summed E-state index contributed by atoms with van der Waals surface area (Å²) in [4.78, 5) is 12.5. The molecule has 0 saturated carbocycles. The SMILES string of the molecule is Cc1cc(C(=O)NCc2ccsc2)sc1Br. The van der Waals surface area contributed by atoms with Gasteiger partial charge in [-0.05, 0) is 56.9 Å². The van der Waals surface area contributed by atoms with E-state index in [2.05, 4.69) is 21.2 Å². The standard InChI is InChI=1S/C11H10BrNOS2/c1-7-4-9(16-10(7)12)11(14)13-5-8-2-3-15-6-8/h2-4,6H,5H2,1H3,(H,13,14). The summed E-state index contributed by atoms with van der Waals surface area (Å²) in [6.45, 7) is 2.58. The van der Waals surface area contributed by atoms with E-state index in [0.29, 0.717) is 6.54 Å². The number of hydrogen-bond donors (Lipinski definition) is 1. The molecule has 2 rings (SSSR count). The van der Waals surface area contributed by atoms with E-state index in [9.17, 15) is 4.79 Å². The van der Waals surface area contributed by atoms with E-state index < -0.39 is 0 Å². The highest BCUT2D eigenvalue weighted by Gasteiger charge is 2.10. The Morgan fingerprint density at radius 3 is 2.94 bits per heavy atom. The van der Waals surface area contributed by atoms with Crippen molar-refractivity contribution in [1.82, 2.24) is 5.32 Å². The van der Waals surface area contributed by atoms with Gasteiger partial charge in [-0.2, -0.15) is 11.3 Å². The molecule has 0 spiro atoms. The molecule has 0 aliphatic rings. The van der Waals surface area contributed by atoms with Crippen LogP contribution in [0.25, 0.3) is 0 Å². The zero-order valence-corrected chi connectivity index (χ0v) is 11.8. The molecule has 16 heavy (non-hydrogen) atoms. The van der Waals surface area contributed by atoms with Gasteiger partial charge in [0.1, 0.15) is 0 Å². The summed E-state index contributed by atoms with van der Waals surface area (Å²) in [6.07, 6.45) is 0. The van der Waals surface area contributed by atoms with Crippen molar-refractivity contribution in [3.63, 3.8) is 0 Å². The third-order valence-electron chi connectivity index (χ3n) is 2.11. The Labute approximate surface area is 110 Å². The lowest BCUT2D eigenvalue weighted by atomic mass is 10.3. The van der Waals surface area contributed by atoms with Gasteiger partial charge in [-0.15, -0.1) is 11.3 Å². The maximum atomic E-state index is 11.8. The molecular weight excluding hydrogens is 306 g/mol. The molecule has 5 heteroatoms. The molecule has 2 aromatic heterocycles. The van der Waals surface area contributed by atoms with Crippen LogP contribution in [0.4, 0.5) is 0 Å². The number of nitrogens with one attached hydrogen (secondary N) is 1. The normalized spacial score (nSPS) is 10.4. The predicted octanol–water partition coefficient (Wildman–Crippen LogP) is 3.81. The van der Waals surface area contributed by atoms with Crippen LogP contribution >= 0.6 is 38.6 Å². The van der Waals surface area contributed by atoms with E-state index in [4.69, 9.17) is 0 Å². The number of carbonyl (C=O) groups excluding carboxylic acids is 1. The van der Waals surface area contributed by atoms with Gasteiger partial charge in [0.15, 0.2) is 0 Å². The maximum absolute atomic E-state index is 11.8. The van der Waals surface area contributed by atoms with E-state index in [1.165, 1.54) is 11.3 Å². The molecule has 0 atom stereocenters. The van der Waals surface area contributed by atoms with Crippen molar-refractivity contribution in [1.29, 1.82) is 0 Å². The van der Waals surface area contributed by atoms with E-state index in [0.717, 1.165) is 19.8 Å². The van der Waals surface area contributed by atoms with Gasteiger partial charge < -0.3 is 5.32 Å². The number of amides is 1. The zero-order chi connectivity index (χ0) is 11.5. The average molecular weight is 316 g/mol. The fourth-order valence-corrected chi connectivity index (χ4v) is 3.35. The molecule has 0 aromatic carbocycles. The third-order valence-corrected chi connectivity index (χ3v) is 4.98. The lowest BCUT2D eigenvalue weighted by molar-refractivity contribution is 0.0955. The van der Waals surface area contributed by atoms with Crippen LogP contribution in [-0.4, -0.2) is 5.91 Å². The number of halogens is 1. The van der Waals surface area contributed by atoms with Gasteiger partial charge in [-0.25, -0.2) is 0 Å². The van der Waals surface area contributed by atoms with Crippen LogP contribution in [0.3, 0.4) is 0 Å². The summed E-state index contributed by atoms with van der Waals surface area (Å²) < 4.78 is 1.02. The Balaban J connectivity index is 1.98. The first kappa shape index (κ1) is 11.8. The second kappa shape index (κ2) is 5.12. The van der Waals surface area contributed by atoms with Crippen molar-refractivity contribution in [2.75, 3.05) is 0 Å². The maximum Gasteiger partial charge on any atom is 0.261 e. The summed E-state index contributed by atoms with van der Waals surface area (Å²) in [6, 6.07) is 3.91. The summed E-state index contributed by atoms with van der Waals surface area (Å²) in [5, 5.41) is 6.94. The molecule has 1 N–H and O–H groups in total. The van der Waals surface area contributed by atoms with Gasteiger partial charge >= 0.3 is 0 Å². The fourth-order valence-electron chi connectivity index (χ4n) is 1.23. The van der Waals surface area contributed by atoms with Crippen LogP contribution in [0.1, 0.15) is 20.8 Å². The molecule has 2 nitrogen and oxygen atoms in total. The van der Waals surface area contributed by atoms with Gasteiger partial charge in [0.05, 0.1) is 8.66 Å². The number of aryl methyl sites for hydroxylation is 1.